The zero-order valence-corrected chi connectivity index (χ0v) is 10.2. The summed E-state index contributed by atoms with van der Waals surface area (Å²) in [5, 5.41) is 0. The number of hydrogen-bond acceptors (Lipinski definition) is 4. The summed E-state index contributed by atoms with van der Waals surface area (Å²) >= 11 is 0. The molecule has 0 fully saturated rings. The van der Waals surface area contributed by atoms with Gasteiger partial charge in [0.25, 0.3) is 0 Å². The Balaban J connectivity index is 2.26. The SMILES string of the molecule is COC(=O)CN(C)c1ccc2c(c1)ncn2C. The molecule has 0 aliphatic carbocycles. The maximum Gasteiger partial charge on any atom is 0.325 e. The number of imidazole rings is 1. The van der Waals surface area contributed by atoms with Crippen LogP contribution in [0.5, 0.6) is 0 Å². The summed E-state index contributed by atoms with van der Waals surface area (Å²) in [6.07, 6.45) is 1.77. The Morgan fingerprint density at radius 1 is 1.53 bits per heavy atom. The van der Waals surface area contributed by atoms with Crippen molar-refractivity contribution in [3.63, 3.8) is 0 Å². The highest BCUT2D eigenvalue weighted by Crippen LogP contribution is 2.19. The van der Waals surface area contributed by atoms with Gasteiger partial charge >= 0.3 is 5.97 Å². The van der Waals surface area contributed by atoms with Crippen LogP contribution in [0.15, 0.2) is 24.5 Å². The standard InChI is InChI=1S/C12H15N3O2/c1-14(7-12(16)17-3)9-4-5-11-10(6-9)13-8-15(11)2/h4-6,8H,7H2,1-3H3. The van der Waals surface area contributed by atoms with Crippen molar-refractivity contribution in [1.82, 2.24) is 9.55 Å². The van der Waals surface area contributed by atoms with Gasteiger partial charge in [0, 0.05) is 19.8 Å². The number of rotatable bonds is 3. The van der Waals surface area contributed by atoms with Crippen LogP contribution in [0.2, 0.25) is 0 Å². The molecule has 0 saturated heterocycles. The number of hydrogen-bond donors (Lipinski definition) is 0. The number of benzene rings is 1. The maximum atomic E-state index is 11.2. The van der Waals surface area contributed by atoms with Crippen LogP contribution in [0.1, 0.15) is 0 Å². The monoisotopic (exact) mass is 233 g/mol. The molecule has 0 aliphatic heterocycles. The van der Waals surface area contributed by atoms with Crippen LogP contribution in [-0.2, 0) is 16.6 Å². The number of nitrogens with zero attached hydrogens (tertiary/aromatic N) is 3. The molecule has 5 heteroatoms. The molecule has 0 unspecified atom stereocenters. The summed E-state index contributed by atoms with van der Waals surface area (Å²) in [5.74, 6) is -0.256. The van der Waals surface area contributed by atoms with Gasteiger partial charge < -0.3 is 14.2 Å². The van der Waals surface area contributed by atoms with Gasteiger partial charge in [0.2, 0.25) is 0 Å². The number of methoxy groups -OCH3 is 1. The second-order valence-corrected chi connectivity index (χ2v) is 3.96. The van der Waals surface area contributed by atoms with Crippen LogP contribution in [0.4, 0.5) is 5.69 Å². The van der Waals surface area contributed by atoms with Crippen LogP contribution in [0, 0.1) is 0 Å². The lowest BCUT2D eigenvalue weighted by Crippen LogP contribution is -2.26. The van der Waals surface area contributed by atoms with E-state index in [1.165, 1.54) is 7.11 Å². The quantitative estimate of drug-likeness (QED) is 0.747. The fourth-order valence-electron chi connectivity index (χ4n) is 1.71. The van der Waals surface area contributed by atoms with Gasteiger partial charge in [0.05, 0.1) is 24.5 Å². The summed E-state index contributed by atoms with van der Waals surface area (Å²) in [6.45, 7) is 0.231. The minimum atomic E-state index is -0.256. The van der Waals surface area contributed by atoms with E-state index in [1.54, 1.807) is 6.33 Å². The average molecular weight is 233 g/mol. The van der Waals surface area contributed by atoms with Crippen molar-refractivity contribution in [1.29, 1.82) is 0 Å². The molecule has 0 amide bonds. The fourth-order valence-corrected chi connectivity index (χ4v) is 1.71. The Morgan fingerprint density at radius 3 is 3.00 bits per heavy atom. The van der Waals surface area contributed by atoms with Crippen molar-refractivity contribution in [2.24, 2.45) is 7.05 Å². The number of aryl methyl sites for hydroxylation is 1. The molecule has 1 aromatic heterocycles. The molecule has 5 nitrogen and oxygen atoms in total. The van der Waals surface area contributed by atoms with Gasteiger partial charge in [0.1, 0.15) is 6.54 Å². The molecule has 0 bridgehead atoms. The average Bonchev–Trinajstić information content (AvgIpc) is 2.70. The van der Waals surface area contributed by atoms with Crippen LogP contribution >= 0.6 is 0 Å². The van der Waals surface area contributed by atoms with E-state index in [0.29, 0.717) is 0 Å². The van der Waals surface area contributed by atoms with Crippen LogP contribution in [0.3, 0.4) is 0 Å². The number of carbonyl (C=O) groups is 1. The summed E-state index contributed by atoms with van der Waals surface area (Å²) in [5.41, 5.74) is 2.93. The Kier molecular flexibility index (Phi) is 2.99. The third-order valence-corrected chi connectivity index (χ3v) is 2.74. The van der Waals surface area contributed by atoms with Crippen molar-refractivity contribution >= 4 is 22.7 Å². The Labute approximate surface area is 99.6 Å². The maximum absolute atomic E-state index is 11.2. The van der Waals surface area contributed by atoms with E-state index in [1.807, 2.05) is 41.8 Å². The van der Waals surface area contributed by atoms with E-state index in [-0.39, 0.29) is 12.5 Å². The van der Waals surface area contributed by atoms with Crippen LogP contribution < -0.4 is 4.90 Å². The first-order valence-electron chi connectivity index (χ1n) is 5.31. The van der Waals surface area contributed by atoms with Crippen molar-refractivity contribution in [3.8, 4) is 0 Å². The number of aromatic nitrogens is 2. The molecular formula is C12H15N3O2. The Morgan fingerprint density at radius 2 is 2.29 bits per heavy atom. The van der Waals surface area contributed by atoms with Gasteiger partial charge in [-0.05, 0) is 18.2 Å². The van der Waals surface area contributed by atoms with Crippen molar-refractivity contribution < 1.29 is 9.53 Å². The highest BCUT2D eigenvalue weighted by Gasteiger charge is 2.08. The molecule has 2 aromatic rings. The third-order valence-electron chi connectivity index (χ3n) is 2.74. The molecule has 1 heterocycles. The first kappa shape index (κ1) is 11.4. The van der Waals surface area contributed by atoms with E-state index in [0.717, 1.165) is 16.7 Å². The summed E-state index contributed by atoms with van der Waals surface area (Å²) in [6, 6.07) is 5.91. The second kappa shape index (κ2) is 4.45. The topological polar surface area (TPSA) is 47.4 Å². The van der Waals surface area contributed by atoms with Crippen molar-refractivity contribution in [2.75, 3.05) is 25.6 Å². The Bertz CT molecular complexity index is 548. The molecule has 2 rings (SSSR count). The van der Waals surface area contributed by atoms with Gasteiger partial charge in [-0.2, -0.15) is 0 Å². The van der Waals surface area contributed by atoms with E-state index >= 15 is 0 Å². The summed E-state index contributed by atoms with van der Waals surface area (Å²) in [7, 11) is 5.19. The van der Waals surface area contributed by atoms with Crippen LogP contribution in [0.25, 0.3) is 11.0 Å². The number of ether oxygens (including phenoxy) is 1. The van der Waals surface area contributed by atoms with Gasteiger partial charge in [-0.1, -0.05) is 0 Å². The van der Waals surface area contributed by atoms with Gasteiger partial charge in [0.15, 0.2) is 0 Å². The third kappa shape index (κ3) is 2.22. The molecule has 0 radical (unpaired) electrons. The lowest BCUT2D eigenvalue weighted by Gasteiger charge is -2.17. The Hall–Kier alpha value is -2.04. The van der Waals surface area contributed by atoms with E-state index in [2.05, 4.69) is 9.72 Å². The van der Waals surface area contributed by atoms with Gasteiger partial charge in [-0.15, -0.1) is 0 Å². The fraction of sp³-hybridized carbons (Fsp3) is 0.333. The highest BCUT2D eigenvalue weighted by molar-refractivity contribution is 5.81. The largest absolute Gasteiger partial charge is 0.468 e. The number of carbonyl (C=O) groups excluding carboxylic acids is 1. The van der Waals surface area contributed by atoms with Crippen molar-refractivity contribution in [3.05, 3.63) is 24.5 Å². The van der Waals surface area contributed by atoms with E-state index in [4.69, 9.17) is 0 Å². The molecule has 1 aromatic carbocycles. The number of esters is 1. The first-order chi connectivity index (χ1) is 8.11. The molecule has 0 atom stereocenters. The minimum Gasteiger partial charge on any atom is -0.468 e. The van der Waals surface area contributed by atoms with E-state index in [9.17, 15) is 4.79 Å². The van der Waals surface area contributed by atoms with Crippen molar-refractivity contribution in [2.45, 2.75) is 0 Å². The normalized spacial score (nSPS) is 10.5. The number of fused-ring (bicyclic) bond motifs is 1. The zero-order chi connectivity index (χ0) is 12.4. The zero-order valence-electron chi connectivity index (χ0n) is 10.2. The van der Waals surface area contributed by atoms with Gasteiger partial charge in [-0.3, -0.25) is 4.79 Å². The first-order valence-corrected chi connectivity index (χ1v) is 5.31. The molecule has 17 heavy (non-hydrogen) atoms. The summed E-state index contributed by atoms with van der Waals surface area (Å²) in [4.78, 5) is 17.3. The molecule has 0 saturated carbocycles. The van der Waals surface area contributed by atoms with Crippen LogP contribution in [-0.4, -0.2) is 36.2 Å². The molecule has 0 spiro atoms. The lowest BCUT2D eigenvalue weighted by molar-refractivity contribution is -0.138. The smallest absolute Gasteiger partial charge is 0.325 e. The summed E-state index contributed by atoms with van der Waals surface area (Å²) < 4.78 is 6.59. The van der Waals surface area contributed by atoms with E-state index < -0.39 is 0 Å². The van der Waals surface area contributed by atoms with Gasteiger partial charge in [-0.25, -0.2) is 4.98 Å². The highest BCUT2D eigenvalue weighted by atomic mass is 16.5. The molecule has 90 valence electrons. The predicted octanol–water partition coefficient (Wildman–Crippen LogP) is 1.18. The second-order valence-electron chi connectivity index (χ2n) is 3.96. The molecular weight excluding hydrogens is 218 g/mol. The number of likely N-dealkylation sites (N-methyl/N-ethyl adjacent to an activating group) is 1. The number of anilines is 1. The predicted molar refractivity (Wildman–Crippen MR) is 66.0 cm³/mol. The lowest BCUT2D eigenvalue weighted by atomic mass is 10.2. The molecule has 0 aliphatic rings. The minimum absolute atomic E-state index is 0.231. The molecule has 0 N–H and O–H groups in total.